The van der Waals surface area contributed by atoms with Crippen molar-refractivity contribution in [2.45, 2.75) is 64.6 Å². The Kier molecular flexibility index (Phi) is 6.68. The molecule has 0 aliphatic heterocycles. The average Bonchev–Trinajstić information content (AvgIpc) is 3.42. The van der Waals surface area contributed by atoms with Gasteiger partial charge in [-0.2, -0.15) is 15.2 Å². The number of benzene rings is 1. The molecule has 3 aromatic rings. The first kappa shape index (κ1) is 21.1. The van der Waals surface area contributed by atoms with Crippen LogP contribution in [0.2, 0.25) is 0 Å². The number of anilines is 1. The number of nitrogens with one attached hydrogen (secondary N) is 1. The Bertz CT molecular complexity index is 1060. The van der Waals surface area contributed by atoms with Gasteiger partial charge in [-0.3, -0.25) is 0 Å². The minimum Gasteiger partial charge on any atom is -0.463 e. The molecule has 0 unspecified atom stereocenters. The Hall–Kier alpha value is -3.11. The topological polar surface area (TPSA) is 102 Å². The molecule has 4 rings (SSSR count). The van der Waals surface area contributed by atoms with E-state index in [1.807, 2.05) is 4.57 Å². The van der Waals surface area contributed by atoms with Crippen LogP contribution in [0.25, 0.3) is 11.0 Å². The van der Waals surface area contributed by atoms with Crippen molar-refractivity contribution in [3.8, 4) is 12.1 Å². The smallest absolute Gasteiger partial charge is 0.320 e. The minimum absolute atomic E-state index is 0.260. The van der Waals surface area contributed by atoms with Crippen LogP contribution in [0.3, 0.4) is 0 Å². The highest BCUT2D eigenvalue weighted by Gasteiger charge is 2.16. The van der Waals surface area contributed by atoms with E-state index in [1.54, 1.807) is 6.07 Å². The molecule has 2 heterocycles. The van der Waals surface area contributed by atoms with Crippen LogP contribution in [0.4, 0.5) is 5.82 Å². The standard InChI is InChI=1S/C24H30N6O/c1-2-3-12-31-24-28-22(26)21-13-20(14-25)30(23(21)29-24)16-18-10-8-17(9-11-18)15-27-19-6-4-5-7-19/h8-11,13,19,27H,2-7,12,15-16H2,1H3,(H2,26,28,29). The van der Waals surface area contributed by atoms with Gasteiger partial charge in [-0.15, -0.1) is 0 Å². The van der Waals surface area contributed by atoms with Gasteiger partial charge in [0.05, 0.1) is 18.5 Å². The molecular formula is C24H30N6O. The van der Waals surface area contributed by atoms with Crippen LogP contribution in [0, 0.1) is 11.3 Å². The Morgan fingerprint density at radius 3 is 2.65 bits per heavy atom. The van der Waals surface area contributed by atoms with Crippen molar-refractivity contribution in [2.24, 2.45) is 0 Å². The first-order valence-electron chi connectivity index (χ1n) is 11.2. The van der Waals surface area contributed by atoms with Crippen LogP contribution in [-0.2, 0) is 13.1 Å². The SMILES string of the molecule is CCCCOc1nc(N)c2cc(C#N)n(Cc3ccc(CNC4CCCC4)cc3)c2n1. The summed E-state index contributed by atoms with van der Waals surface area (Å²) in [6.45, 7) is 4.07. The molecule has 1 aromatic carbocycles. The van der Waals surface area contributed by atoms with E-state index in [1.165, 1.54) is 31.2 Å². The average molecular weight is 419 g/mol. The van der Waals surface area contributed by atoms with Crippen LogP contribution in [0.1, 0.15) is 62.3 Å². The Balaban J connectivity index is 1.53. The van der Waals surface area contributed by atoms with Gasteiger partial charge in [-0.25, -0.2) is 0 Å². The summed E-state index contributed by atoms with van der Waals surface area (Å²) < 4.78 is 7.54. The van der Waals surface area contributed by atoms with Crippen molar-refractivity contribution in [2.75, 3.05) is 12.3 Å². The highest BCUT2D eigenvalue weighted by atomic mass is 16.5. The largest absolute Gasteiger partial charge is 0.463 e. The van der Waals surface area contributed by atoms with Crippen LogP contribution in [0.15, 0.2) is 30.3 Å². The second kappa shape index (κ2) is 9.80. The zero-order valence-electron chi connectivity index (χ0n) is 18.1. The lowest BCUT2D eigenvalue weighted by Crippen LogP contribution is -2.25. The van der Waals surface area contributed by atoms with Crippen LogP contribution < -0.4 is 15.8 Å². The van der Waals surface area contributed by atoms with Gasteiger partial charge < -0.3 is 20.4 Å². The van der Waals surface area contributed by atoms with Crippen molar-refractivity contribution in [1.29, 1.82) is 5.26 Å². The number of nitrogens with two attached hydrogens (primary N) is 1. The van der Waals surface area contributed by atoms with Crippen LogP contribution in [0.5, 0.6) is 6.01 Å². The summed E-state index contributed by atoms with van der Waals surface area (Å²) in [5.74, 6) is 0.333. The lowest BCUT2D eigenvalue weighted by Gasteiger charge is -2.12. The Labute approximate surface area is 183 Å². The number of nitrogen functional groups attached to an aromatic ring is 1. The maximum absolute atomic E-state index is 9.65. The Morgan fingerprint density at radius 1 is 1.19 bits per heavy atom. The fourth-order valence-electron chi connectivity index (χ4n) is 4.09. The number of unbranched alkanes of at least 4 members (excludes halogenated alkanes) is 1. The second-order valence-corrected chi connectivity index (χ2v) is 8.24. The molecule has 3 N–H and O–H groups in total. The number of hydrogen-bond donors (Lipinski definition) is 2. The van der Waals surface area contributed by atoms with Gasteiger partial charge in [0.15, 0.2) is 5.65 Å². The predicted molar refractivity (Wildman–Crippen MR) is 122 cm³/mol. The first-order valence-corrected chi connectivity index (χ1v) is 11.2. The molecule has 0 spiro atoms. The van der Waals surface area contributed by atoms with Crippen molar-refractivity contribution in [1.82, 2.24) is 19.9 Å². The molecule has 1 saturated carbocycles. The highest BCUT2D eigenvalue weighted by molar-refractivity contribution is 5.88. The number of nitrogens with zero attached hydrogens (tertiary/aromatic N) is 4. The summed E-state index contributed by atoms with van der Waals surface area (Å²) in [5.41, 5.74) is 9.64. The molecule has 2 aromatic heterocycles. The van der Waals surface area contributed by atoms with E-state index in [4.69, 9.17) is 10.5 Å². The van der Waals surface area contributed by atoms with E-state index >= 15 is 0 Å². The van der Waals surface area contributed by atoms with E-state index < -0.39 is 0 Å². The lowest BCUT2D eigenvalue weighted by atomic mass is 10.1. The van der Waals surface area contributed by atoms with E-state index in [2.05, 4.69) is 52.5 Å². The number of aromatic nitrogens is 3. The maximum atomic E-state index is 9.65. The van der Waals surface area contributed by atoms with Crippen molar-refractivity contribution >= 4 is 16.9 Å². The first-order chi connectivity index (χ1) is 15.2. The zero-order chi connectivity index (χ0) is 21.6. The minimum atomic E-state index is 0.260. The fourth-order valence-corrected chi connectivity index (χ4v) is 4.09. The van der Waals surface area contributed by atoms with Crippen molar-refractivity contribution < 1.29 is 4.74 Å². The molecule has 7 heteroatoms. The molecule has 0 bridgehead atoms. The number of ether oxygens (including phenoxy) is 1. The predicted octanol–water partition coefficient (Wildman–Crippen LogP) is 4.14. The second-order valence-electron chi connectivity index (χ2n) is 8.24. The molecule has 7 nitrogen and oxygen atoms in total. The van der Waals surface area contributed by atoms with Crippen LogP contribution in [-0.4, -0.2) is 27.2 Å². The fraction of sp³-hybridized carbons (Fsp3) is 0.458. The summed E-state index contributed by atoms with van der Waals surface area (Å²) in [6, 6.07) is 13.4. The van der Waals surface area contributed by atoms with Gasteiger partial charge in [0.2, 0.25) is 0 Å². The molecule has 0 saturated heterocycles. The normalized spacial score (nSPS) is 14.2. The van der Waals surface area contributed by atoms with Gasteiger partial charge >= 0.3 is 6.01 Å². The van der Waals surface area contributed by atoms with Crippen LogP contribution >= 0.6 is 0 Å². The molecule has 31 heavy (non-hydrogen) atoms. The third-order valence-electron chi connectivity index (χ3n) is 5.92. The number of fused-ring (bicyclic) bond motifs is 1. The van der Waals surface area contributed by atoms with Gasteiger partial charge in [-0.1, -0.05) is 50.5 Å². The summed E-state index contributed by atoms with van der Waals surface area (Å²) in [4.78, 5) is 8.80. The molecular weight excluding hydrogens is 388 g/mol. The molecule has 1 aliphatic carbocycles. The summed E-state index contributed by atoms with van der Waals surface area (Å²) in [7, 11) is 0. The Morgan fingerprint density at radius 2 is 1.94 bits per heavy atom. The monoisotopic (exact) mass is 418 g/mol. The molecule has 1 aliphatic rings. The van der Waals surface area contributed by atoms with E-state index in [9.17, 15) is 5.26 Å². The van der Waals surface area contributed by atoms with E-state index in [0.29, 0.717) is 41.7 Å². The molecule has 162 valence electrons. The zero-order valence-corrected chi connectivity index (χ0v) is 18.1. The van der Waals surface area contributed by atoms with E-state index in [0.717, 1.165) is 24.9 Å². The quantitative estimate of drug-likeness (QED) is 0.506. The molecule has 0 radical (unpaired) electrons. The summed E-state index contributed by atoms with van der Waals surface area (Å²) >= 11 is 0. The highest BCUT2D eigenvalue weighted by Crippen LogP contribution is 2.26. The maximum Gasteiger partial charge on any atom is 0.320 e. The number of hydrogen-bond acceptors (Lipinski definition) is 6. The van der Waals surface area contributed by atoms with Crippen molar-refractivity contribution in [3.05, 3.63) is 47.2 Å². The summed E-state index contributed by atoms with van der Waals surface area (Å²) in [5, 5.41) is 14.0. The van der Waals surface area contributed by atoms with Gasteiger partial charge in [0.25, 0.3) is 0 Å². The number of rotatable bonds is 9. The van der Waals surface area contributed by atoms with Gasteiger partial charge in [-0.05, 0) is 36.5 Å². The summed E-state index contributed by atoms with van der Waals surface area (Å²) in [6.07, 6.45) is 7.19. The molecule has 1 fully saturated rings. The number of nitriles is 1. The molecule has 0 atom stereocenters. The van der Waals surface area contributed by atoms with E-state index in [-0.39, 0.29) is 6.01 Å². The lowest BCUT2D eigenvalue weighted by molar-refractivity contribution is 0.286. The van der Waals surface area contributed by atoms with Crippen molar-refractivity contribution in [3.63, 3.8) is 0 Å². The molecule has 0 amide bonds. The third-order valence-corrected chi connectivity index (χ3v) is 5.92. The van der Waals surface area contributed by atoms with Gasteiger partial charge in [0.1, 0.15) is 17.6 Å². The third kappa shape index (κ3) is 4.97. The van der Waals surface area contributed by atoms with Gasteiger partial charge in [0, 0.05) is 12.6 Å².